The molecular weight excluding hydrogens is 248 g/mol. The summed E-state index contributed by atoms with van der Waals surface area (Å²) in [4.78, 5) is 9.47. The predicted octanol–water partition coefficient (Wildman–Crippen LogP) is 1.75. The standard InChI is InChI=1S/C12H14N4OS/c1-8-10(18-7-16-8)4-6-17-12-9(11(13)14)3-2-5-15-12/h2-3,5,7H,4,6H2,1H3,(H3,13,14). The van der Waals surface area contributed by atoms with Gasteiger partial charge in [0.05, 0.1) is 23.4 Å². The van der Waals surface area contributed by atoms with Gasteiger partial charge in [-0.1, -0.05) is 0 Å². The molecule has 0 saturated carbocycles. The van der Waals surface area contributed by atoms with Crippen LogP contribution in [-0.2, 0) is 6.42 Å². The van der Waals surface area contributed by atoms with Gasteiger partial charge in [-0.15, -0.1) is 11.3 Å². The third-order valence-corrected chi connectivity index (χ3v) is 3.47. The number of rotatable bonds is 5. The summed E-state index contributed by atoms with van der Waals surface area (Å²) in [5.41, 5.74) is 8.85. The predicted molar refractivity (Wildman–Crippen MR) is 71.3 cm³/mol. The maximum absolute atomic E-state index is 7.43. The van der Waals surface area contributed by atoms with Crippen molar-refractivity contribution in [1.29, 1.82) is 5.41 Å². The van der Waals surface area contributed by atoms with Gasteiger partial charge < -0.3 is 10.5 Å². The molecule has 0 aliphatic carbocycles. The summed E-state index contributed by atoms with van der Waals surface area (Å²) < 4.78 is 5.57. The second-order valence-corrected chi connectivity index (χ2v) is 4.67. The first-order valence-corrected chi connectivity index (χ1v) is 6.37. The van der Waals surface area contributed by atoms with E-state index < -0.39 is 0 Å². The van der Waals surface area contributed by atoms with Gasteiger partial charge in [0, 0.05) is 17.5 Å². The molecule has 6 heteroatoms. The number of nitrogens with one attached hydrogen (secondary N) is 1. The van der Waals surface area contributed by atoms with E-state index in [-0.39, 0.29) is 5.84 Å². The fraction of sp³-hybridized carbons (Fsp3) is 0.250. The first-order chi connectivity index (χ1) is 8.68. The Morgan fingerprint density at radius 3 is 3.00 bits per heavy atom. The lowest BCUT2D eigenvalue weighted by Gasteiger charge is -2.08. The summed E-state index contributed by atoms with van der Waals surface area (Å²) in [6.45, 7) is 2.48. The molecule has 0 fully saturated rings. The molecule has 0 spiro atoms. The van der Waals surface area contributed by atoms with Crippen LogP contribution in [0, 0.1) is 12.3 Å². The Hall–Kier alpha value is -1.95. The molecule has 0 aromatic carbocycles. The van der Waals surface area contributed by atoms with Gasteiger partial charge in [-0.25, -0.2) is 9.97 Å². The Labute approximate surface area is 109 Å². The lowest BCUT2D eigenvalue weighted by Crippen LogP contribution is -2.14. The van der Waals surface area contributed by atoms with Crippen molar-refractivity contribution in [3.8, 4) is 5.88 Å². The summed E-state index contributed by atoms with van der Waals surface area (Å²) in [5, 5.41) is 7.43. The number of thiazole rings is 1. The number of nitrogen functional groups attached to an aromatic ring is 1. The molecular formula is C12H14N4OS. The zero-order chi connectivity index (χ0) is 13.0. The monoisotopic (exact) mass is 262 g/mol. The van der Waals surface area contributed by atoms with Gasteiger partial charge in [-0.2, -0.15) is 0 Å². The first-order valence-electron chi connectivity index (χ1n) is 5.49. The molecule has 0 amide bonds. The summed E-state index contributed by atoms with van der Waals surface area (Å²) in [5.74, 6) is 0.374. The fourth-order valence-corrected chi connectivity index (χ4v) is 2.28. The van der Waals surface area contributed by atoms with Gasteiger partial charge in [-0.3, -0.25) is 5.41 Å². The van der Waals surface area contributed by atoms with Crippen molar-refractivity contribution >= 4 is 17.2 Å². The number of nitrogens with zero attached hydrogens (tertiary/aromatic N) is 2. The molecule has 0 aliphatic heterocycles. The number of hydrogen-bond acceptors (Lipinski definition) is 5. The Bertz CT molecular complexity index is 553. The molecule has 0 bridgehead atoms. The van der Waals surface area contributed by atoms with Crippen molar-refractivity contribution in [2.75, 3.05) is 6.61 Å². The highest BCUT2D eigenvalue weighted by atomic mass is 32.1. The van der Waals surface area contributed by atoms with E-state index in [4.69, 9.17) is 15.9 Å². The second kappa shape index (κ2) is 5.59. The fourth-order valence-electron chi connectivity index (χ4n) is 1.52. The van der Waals surface area contributed by atoms with Crippen LogP contribution < -0.4 is 10.5 Å². The van der Waals surface area contributed by atoms with Gasteiger partial charge in [0.15, 0.2) is 0 Å². The maximum Gasteiger partial charge on any atom is 0.224 e. The van der Waals surface area contributed by atoms with E-state index >= 15 is 0 Å². The lowest BCUT2D eigenvalue weighted by atomic mass is 10.2. The van der Waals surface area contributed by atoms with Crippen LogP contribution in [-0.4, -0.2) is 22.4 Å². The molecule has 0 unspecified atom stereocenters. The topological polar surface area (TPSA) is 84.9 Å². The molecule has 18 heavy (non-hydrogen) atoms. The highest BCUT2D eigenvalue weighted by Gasteiger charge is 2.08. The minimum Gasteiger partial charge on any atom is -0.477 e. The van der Waals surface area contributed by atoms with Crippen LogP contribution in [0.15, 0.2) is 23.8 Å². The molecule has 2 rings (SSSR count). The van der Waals surface area contributed by atoms with E-state index in [1.165, 1.54) is 4.88 Å². The number of nitrogens with two attached hydrogens (primary N) is 1. The van der Waals surface area contributed by atoms with E-state index in [1.807, 2.05) is 12.4 Å². The molecule has 2 heterocycles. The highest BCUT2D eigenvalue weighted by molar-refractivity contribution is 7.09. The summed E-state index contributed by atoms with van der Waals surface area (Å²) in [7, 11) is 0. The largest absolute Gasteiger partial charge is 0.477 e. The zero-order valence-electron chi connectivity index (χ0n) is 10.0. The number of aryl methyl sites for hydroxylation is 1. The first kappa shape index (κ1) is 12.5. The van der Waals surface area contributed by atoms with Crippen LogP contribution in [0.1, 0.15) is 16.1 Å². The number of amidine groups is 1. The van der Waals surface area contributed by atoms with Gasteiger partial charge in [0.25, 0.3) is 0 Å². The second-order valence-electron chi connectivity index (χ2n) is 3.73. The summed E-state index contributed by atoms with van der Waals surface area (Å²) in [6.07, 6.45) is 2.41. The molecule has 0 aliphatic rings. The van der Waals surface area contributed by atoms with E-state index in [0.717, 1.165) is 12.1 Å². The van der Waals surface area contributed by atoms with Crippen LogP contribution in [0.4, 0.5) is 0 Å². The zero-order valence-corrected chi connectivity index (χ0v) is 10.8. The van der Waals surface area contributed by atoms with Crippen LogP contribution >= 0.6 is 11.3 Å². The Balaban J connectivity index is 1.99. The molecule has 0 radical (unpaired) electrons. The van der Waals surface area contributed by atoms with Crippen molar-refractivity contribution in [3.63, 3.8) is 0 Å². The average Bonchev–Trinajstić information content (AvgIpc) is 2.76. The molecule has 94 valence electrons. The number of aromatic nitrogens is 2. The SMILES string of the molecule is Cc1ncsc1CCOc1ncccc1C(=N)N. The summed E-state index contributed by atoms with van der Waals surface area (Å²) in [6, 6.07) is 3.46. The quantitative estimate of drug-likeness (QED) is 0.635. The van der Waals surface area contributed by atoms with Crippen molar-refractivity contribution in [1.82, 2.24) is 9.97 Å². The van der Waals surface area contributed by atoms with Crippen LogP contribution in [0.2, 0.25) is 0 Å². The van der Waals surface area contributed by atoms with Crippen molar-refractivity contribution < 1.29 is 4.74 Å². The number of ether oxygens (including phenoxy) is 1. The third-order valence-electron chi connectivity index (χ3n) is 2.47. The van der Waals surface area contributed by atoms with Crippen molar-refractivity contribution in [2.45, 2.75) is 13.3 Å². The number of hydrogen-bond donors (Lipinski definition) is 2. The van der Waals surface area contributed by atoms with Crippen molar-refractivity contribution in [2.24, 2.45) is 5.73 Å². The number of pyridine rings is 1. The molecule has 0 saturated heterocycles. The van der Waals surface area contributed by atoms with E-state index in [1.54, 1.807) is 29.7 Å². The summed E-state index contributed by atoms with van der Waals surface area (Å²) >= 11 is 1.62. The smallest absolute Gasteiger partial charge is 0.224 e. The average molecular weight is 262 g/mol. The minimum absolute atomic E-state index is 0.0351. The lowest BCUT2D eigenvalue weighted by molar-refractivity contribution is 0.309. The van der Waals surface area contributed by atoms with Gasteiger partial charge in [0.1, 0.15) is 5.84 Å². The van der Waals surface area contributed by atoms with Gasteiger partial charge >= 0.3 is 0 Å². The van der Waals surface area contributed by atoms with Crippen LogP contribution in [0.25, 0.3) is 0 Å². The molecule has 0 atom stereocenters. The molecule has 5 nitrogen and oxygen atoms in total. The Morgan fingerprint density at radius 1 is 1.50 bits per heavy atom. The van der Waals surface area contributed by atoms with Crippen molar-refractivity contribution in [3.05, 3.63) is 40.0 Å². The van der Waals surface area contributed by atoms with Crippen LogP contribution in [0.5, 0.6) is 5.88 Å². The van der Waals surface area contributed by atoms with Crippen LogP contribution in [0.3, 0.4) is 0 Å². The highest BCUT2D eigenvalue weighted by Crippen LogP contribution is 2.16. The third kappa shape index (κ3) is 2.84. The van der Waals surface area contributed by atoms with E-state index in [0.29, 0.717) is 18.1 Å². The molecule has 2 aromatic rings. The van der Waals surface area contributed by atoms with Gasteiger partial charge in [0.2, 0.25) is 5.88 Å². The molecule has 3 N–H and O–H groups in total. The van der Waals surface area contributed by atoms with E-state index in [2.05, 4.69) is 9.97 Å². The minimum atomic E-state index is -0.0351. The Kier molecular flexibility index (Phi) is 3.88. The molecule has 2 aromatic heterocycles. The maximum atomic E-state index is 7.43. The van der Waals surface area contributed by atoms with Gasteiger partial charge in [-0.05, 0) is 19.1 Å². The normalized spacial score (nSPS) is 10.3. The van der Waals surface area contributed by atoms with E-state index in [9.17, 15) is 0 Å². The Morgan fingerprint density at radius 2 is 2.33 bits per heavy atom.